The molecule has 5 rings (SSSR count). The Morgan fingerprint density at radius 3 is 1.17 bits per heavy atom. The third kappa shape index (κ3) is 8.99. The molecule has 48 heavy (non-hydrogen) atoms. The van der Waals surface area contributed by atoms with Crippen molar-refractivity contribution in [2.45, 2.75) is 13.2 Å². The zero-order chi connectivity index (χ0) is 34.3. The van der Waals surface area contributed by atoms with Crippen molar-refractivity contribution in [3.8, 4) is 56.8 Å². The van der Waals surface area contributed by atoms with Gasteiger partial charge < -0.3 is 27.3 Å². The van der Waals surface area contributed by atoms with Gasteiger partial charge in [0.2, 0.25) is 0 Å². The minimum Gasteiger partial charge on any atom is -0.496 e. The fourth-order valence-electron chi connectivity index (χ4n) is 4.87. The van der Waals surface area contributed by atoms with E-state index in [9.17, 15) is 16.8 Å². The second-order valence-corrected chi connectivity index (χ2v) is 13.8. The van der Waals surface area contributed by atoms with Gasteiger partial charge in [-0.2, -0.15) is 16.8 Å². The lowest BCUT2D eigenvalue weighted by molar-refractivity contribution is 0.296. The third-order valence-electron chi connectivity index (χ3n) is 6.99. The van der Waals surface area contributed by atoms with Gasteiger partial charge in [0.1, 0.15) is 24.7 Å². The first-order chi connectivity index (χ1) is 22.9. The summed E-state index contributed by atoms with van der Waals surface area (Å²) in [7, 11) is -4.79. The largest absolute Gasteiger partial charge is 0.496 e. The molecule has 0 saturated carbocycles. The Hall–Kier alpha value is -5.20. The topological polar surface area (TPSA) is 124 Å². The molecule has 0 heterocycles. The van der Waals surface area contributed by atoms with Crippen molar-refractivity contribution >= 4 is 20.2 Å². The van der Waals surface area contributed by atoms with Gasteiger partial charge in [-0.3, -0.25) is 0 Å². The minimum absolute atomic E-state index is 0.00434. The standard InChI is InChI=1S/C36H34O10S2/c1-41-33-21-30(28-16-18-32(36(20-28)46-48(4,39)40)44-24-26-13-9-6-10-14-26)34(42-2)22-29(33)27-15-17-31(35(19-27)45-47(3,37)38)43-23-25-11-7-5-8-12-25/h5-22H,23-24H2,1-4H3. The fraction of sp³-hybridized carbons (Fsp3) is 0.167. The molecule has 10 nitrogen and oxygen atoms in total. The molecular formula is C36H34O10S2. The van der Waals surface area contributed by atoms with Crippen LogP contribution < -0.4 is 27.3 Å². The van der Waals surface area contributed by atoms with Crippen LogP contribution in [-0.4, -0.2) is 43.6 Å². The van der Waals surface area contributed by atoms with Crippen LogP contribution in [0.5, 0.6) is 34.5 Å². The van der Waals surface area contributed by atoms with Gasteiger partial charge in [0.15, 0.2) is 23.0 Å². The Balaban J connectivity index is 1.52. The average molecular weight is 691 g/mol. The number of benzene rings is 5. The quantitative estimate of drug-likeness (QED) is 0.114. The first-order valence-corrected chi connectivity index (χ1v) is 18.2. The smallest absolute Gasteiger partial charge is 0.306 e. The molecule has 0 fully saturated rings. The van der Waals surface area contributed by atoms with E-state index in [2.05, 4.69) is 0 Å². The number of ether oxygens (including phenoxy) is 4. The summed E-state index contributed by atoms with van der Waals surface area (Å²) in [5.41, 5.74) is 4.06. The summed E-state index contributed by atoms with van der Waals surface area (Å²) >= 11 is 0. The van der Waals surface area contributed by atoms with Gasteiger partial charge in [0.25, 0.3) is 0 Å². The van der Waals surface area contributed by atoms with E-state index >= 15 is 0 Å². The van der Waals surface area contributed by atoms with Crippen LogP contribution in [0.4, 0.5) is 0 Å². The highest BCUT2D eigenvalue weighted by Crippen LogP contribution is 2.45. The zero-order valence-electron chi connectivity index (χ0n) is 26.7. The Kier molecular flexibility index (Phi) is 10.5. The van der Waals surface area contributed by atoms with E-state index in [0.717, 1.165) is 23.6 Å². The highest BCUT2D eigenvalue weighted by molar-refractivity contribution is 7.86. The first-order valence-electron chi connectivity index (χ1n) is 14.6. The molecule has 0 radical (unpaired) electrons. The van der Waals surface area contributed by atoms with Crippen LogP contribution in [-0.2, 0) is 33.5 Å². The Bertz CT molecular complexity index is 1950. The van der Waals surface area contributed by atoms with Gasteiger partial charge in [0.05, 0.1) is 26.7 Å². The van der Waals surface area contributed by atoms with Gasteiger partial charge in [0, 0.05) is 11.1 Å². The van der Waals surface area contributed by atoms with Crippen LogP contribution in [0.3, 0.4) is 0 Å². The van der Waals surface area contributed by atoms with Crippen molar-refractivity contribution in [1.82, 2.24) is 0 Å². The van der Waals surface area contributed by atoms with Crippen LogP contribution in [0.2, 0.25) is 0 Å². The number of rotatable bonds is 14. The molecular weight excluding hydrogens is 657 g/mol. The second-order valence-electron chi connectivity index (χ2n) is 10.7. The lowest BCUT2D eigenvalue weighted by Gasteiger charge is -2.18. The van der Waals surface area contributed by atoms with Crippen LogP contribution in [0.25, 0.3) is 22.3 Å². The molecule has 5 aromatic rings. The van der Waals surface area contributed by atoms with Crippen molar-refractivity contribution in [2.75, 3.05) is 26.7 Å². The molecule has 0 aliphatic carbocycles. The number of hydrogen-bond donors (Lipinski definition) is 0. The van der Waals surface area contributed by atoms with Crippen LogP contribution in [0.1, 0.15) is 11.1 Å². The van der Waals surface area contributed by atoms with Crippen molar-refractivity contribution in [2.24, 2.45) is 0 Å². The average Bonchev–Trinajstić information content (AvgIpc) is 3.06. The molecule has 0 atom stereocenters. The van der Waals surface area contributed by atoms with Crippen molar-refractivity contribution in [3.63, 3.8) is 0 Å². The zero-order valence-corrected chi connectivity index (χ0v) is 28.3. The Labute approximate surface area is 280 Å². The highest BCUT2D eigenvalue weighted by atomic mass is 32.2. The van der Waals surface area contributed by atoms with E-state index < -0.39 is 20.2 Å². The summed E-state index contributed by atoms with van der Waals surface area (Å²) in [5, 5.41) is 0. The molecule has 0 saturated heterocycles. The van der Waals surface area contributed by atoms with Crippen molar-refractivity contribution in [1.29, 1.82) is 0 Å². The Morgan fingerprint density at radius 2 is 0.833 bits per heavy atom. The predicted molar refractivity (Wildman–Crippen MR) is 183 cm³/mol. The first kappa shape index (κ1) is 34.1. The summed E-state index contributed by atoms with van der Waals surface area (Å²) in [6, 6.07) is 32.2. The van der Waals surface area contributed by atoms with Crippen LogP contribution in [0.15, 0.2) is 109 Å². The molecule has 250 valence electrons. The maximum atomic E-state index is 12.2. The lowest BCUT2D eigenvalue weighted by atomic mass is 9.97. The molecule has 0 amide bonds. The third-order valence-corrected chi connectivity index (χ3v) is 7.95. The molecule has 0 N–H and O–H groups in total. The molecule has 0 aliphatic rings. The van der Waals surface area contributed by atoms with Gasteiger partial charge in [-0.1, -0.05) is 72.8 Å². The van der Waals surface area contributed by atoms with E-state index in [1.165, 1.54) is 14.2 Å². The molecule has 0 aliphatic heterocycles. The van der Waals surface area contributed by atoms with Crippen LogP contribution in [0, 0.1) is 0 Å². The maximum absolute atomic E-state index is 12.2. The van der Waals surface area contributed by atoms with E-state index in [1.54, 1.807) is 48.5 Å². The predicted octanol–water partition coefficient (Wildman–Crippen LogP) is 6.87. The molecule has 0 spiro atoms. The van der Waals surface area contributed by atoms with E-state index in [1.807, 2.05) is 60.7 Å². The fourth-order valence-corrected chi connectivity index (χ4v) is 5.78. The molecule has 12 heteroatoms. The van der Waals surface area contributed by atoms with Crippen molar-refractivity contribution in [3.05, 3.63) is 120 Å². The van der Waals surface area contributed by atoms with E-state index in [0.29, 0.717) is 33.8 Å². The van der Waals surface area contributed by atoms with Gasteiger partial charge >= 0.3 is 20.2 Å². The SMILES string of the molecule is COc1cc(-c2ccc(OCc3ccccc3)c(OS(C)(=O)=O)c2)c(OC)cc1-c1ccc(OCc2ccccc2)c(OS(C)(=O)=O)c1. The second kappa shape index (κ2) is 14.7. The Morgan fingerprint density at radius 1 is 0.458 bits per heavy atom. The summed E-state index contributed by atoms with van der Waals surface area (Å²) < 4.78 is 82.7. The lowest BCUT2D eigenvalue weighted by Crippen LogP contribution is -2.08. The van der Waals surface area contributed by atoms with Crippen molar-refractivity contribution < 1.29 is 44.1 Å². The van der Waals surface area contributed by atoms with E-state index in [-0.39, 0.29) is 36.2 Å². The normalized spacial score (nSPS) is 11.4. The van der Waals surface area contributed by atoms with Crippen LogP contribution >= 0.6 is 0 Å². The number of hydrogen-bond acceptors (Lipinski definition) is 10. The maximum Gasteiger partial charge on any atom is 0.306 e. The molecule has 0 aromatic heterocycles. The molecule has 0 unspecified atom stereocenters. The van der Waals surface area contributed by atoms with Gasteiger partial charge in [-0.15, -0.1) is 0 Å². The monoisotopic (exact) mass is 690 g/mol. The van der Waals surface area contributed by atoms with Gasteiger partial charge in [-0.05, 0) is 58.7 Å². The van der Waals surface area contributed by atoms with Gasteiger partial charge in [-0.25, -0.2) is 0 Å². The number of methoxy groups -OCH3 is 2. The summed E-state index contributed by atoms with van der Waals surface area (Å²) in [6.45, 7) is 0.403. The highest BCUT2D eigenvalue weighted by Gasteiger charge is 2.20. The summed E-state index contributed by atoms with van der Waals surface area (Å²) in [4.78, 5) is 0. The summed E-state index contributed by atoms with van der Waals surface area (Å²) in [6.07, 6.45) is 1.91. The minimum atomic E-state index is -3.89. The summed E-state index contributed by atoms with van der Waals surface area (Å²) in [5.74, 6) is 1.33. The molecule has 0 bridgehead atoms. The molecule has 5 aromatic carbocycles. The van der Waals surface area contributed by atoms with E-state index in [4.69, 9.17) is 27.3 Å².